The molecule has 1 aromatic carbocycles. The number of anilines is 1. The summed E-state index contributed by atoms with van der Waals surface area (Å²) in [5, 5.41) is 0. The first kappa shape index (κ1) is 15.5. The van der Waals surface area contributed by atoms with Crippen molar-refractivity contribution in [2.24, 2.45) is 0 Å². The second-order valence-corrected chi connectivity index (χ2v) is 5.72. The van der Waals surface area contributed by atoms with Crippen LogP contribution in [0.15, 0.2) is 47.3 Å². The molecule has 5 nitrogen and oxygen atoms in total. The van der Waals surface area contributed by atoms with Gasteiger partial charge in [0.2, 0.25) is 0 Å². The van der Waals surface area contributed by atoms with E-state index in [0.29, 0.717) is 11.3 Å². The Bertz CT molecular complexity index is 894. The zero-order chi connectivity index (χ0) is 16.6. The van der Waals surface area contributed by atoms with E-state index in [2.05, 4.69) is 20.9 Å². The van der Waals surface area contributed by atoms with Gasteiger partial charge in [-0.15, -0.1) is 0 Å². The van der Waals surface area contributed by atoms with Crippen LogP contribution in [-0.4, -0.2) is 29.4 Å². The molecule has 0 atom stereocenters. The van der Waals surface area contributed by atoms with Gasteiger partial charge < -0.3 is 9.64 Å². The number of amides is 1. The smallest absolute Gasteiger partial charge is 0.259 e. The minimum absolute atomic E-state index is 0.0926. The second kappa shape index (κ2) is 6.00. The van der Waals surface area contributed by atoms with Gasteiger partial charge in [-0.3, -0.25) is 9.20 Å². The Labute approximate surface area is 140 Å². The molecule has 0 spiro atoms. The fraction of sp³-hybridized carbons (Fsp3) is 0.125. The van der Waals surface area contributed by atoms with Crippen molar-refractivity contribution < 1.29 is 13.9 Å². The SMILES string of the molecule is COc1cc(N(C)C(=O)c2ccc3ncc(Br)n3c2)ccc1F. The maximum Gasteiger partial charge on any atom is 0.259 e. The van der Waals surface area contributed by atoms with Gasteiger partial charge in [-0.25, -0.2) is 9.37 Å². The highest BCUT2D eigenvalue weighted by Crippen LogP contribution is 2.25. The van der Waals surface area contributed by atoms with Gasteiger partial charge in [-0.1, -0.05) is 0 Å². The molecule has 2 aromatic heterocycles. The number of carbonyl (C=O) groups excluding carboxylic acids is 1. The number of rotatable bonds is 3. The first-order valence-corrected chi connectivity index (χ1v) is 7.55. The number of hydrogen-bond donors (Lipinski definition) is 0. The van der Waals surface area contributed by atoms with E-state index < -0.39 is 5.82 Å². The van der Waals surface area contributed by atoms with Crippen molar-refractivity contribution in [3.05, 3.63) is 58.7 Å². The Morgan fingerprint density at radius 3 is 2.87 bits per heavy atom. The average Bonchev–Trinajstić information content (AvgIpc) is 2.94. The molecule has 23 heavy (non-hydrogen) atoms. The molecule has 0 fully saturated rings. The number of carbonyl (C=O) groups is 1. The first-order chi connectivity index (χ1) is 11.0. The average molecular weight is 378 g/mol. The predicted molar refractivity (Wildman–Crippen MR) is 88.6 cm³/mol. The molecule has 3 aromatic rings. The van der Waals surface area contributed by atoms with Gasteiger partial charge in [0, 0.05) is 25.0 Å². The molecule has 0 aliphatic rings. The summed E-state index contributed by atoms with van der Waals surface area (Å²) in [6.07, 6.45) is 3.37. The molecule has 0 unspecified atom stereocenters. The Morgan fingerprint density at radius 2 is 2.13 bits per heavy atom. The van der Waals surface area contributed by atoms with Crippen LogP contribution < -0.4 is 9.64 Å². The van der Waals surface area contributed by atoms with E-state index in [1.54, 1.807) is 36.0 Å². The lowest BCUT2D eigenvalue weighted by molar-refractivity contribution is 0.0992. The van der Waals surface area contributed by atoms with Crippen LogP contribution >= 0.6 is 15.9 Å². The maximum absolute atomic E-state index is 13.5. The molecule has 2 heterocycles. The van der Waals surface area contributed by atoms with Crippen LogP contribution in [0.3, 0.4) is 0 Å². The molecule has 0 aliphatic carbocycles. The third kappa shape index (κ3) is 2.79. The van der Waals surface area contributed by atoms with Gasteiger partial charge in [0.15, 0.2) is 11.6 Å². The summed E-state index contributed by atoms with van der Waals surface area (Å²) < 4.78 is 21.0. The van der Waals surface area contributed by atoms with E-state index in [9.17, 15) is 9.18 Å². The molecule has 118 valence electrons. The zero-order valence-electron chi connectivity index (χ0n) is 12.5. The molecule has 1 amide bonds. The molecule has 3 rings (SSSR count). The van der Waals surface area contributed by atoms with Gasteiger partial charge in [0.1, 0.15) is 10.3 Å². The van der Waals surface area contributed by atoms with E-state index in [4.69, 9.17) is 4.74 Å². The van der Waals surface area contributed by atoms with Crippen molar-refractivity contribution in [3.63, 3.8) is 0 Å². The van der Waals surface area contributed by atoms with Crippen LogP contribution in [0.4, 0.5) is 10.1 Å². The van der Waals surface area contributed by atoms with Gasteiger partial charge in [-0.2, -0.15) is 0 Å². The highest BCUT2D eigenvalue weighted by Gasteiger charge is 2.16. The molecule has 7 heteroatoms. The van der Waals surface area contributed by atoms with Crippen molar-refractivity contribution >= 4 is 33.2 Å². The Hall–Kier alpha value is -2.41. The summed E-state index contributed by atoms with van der Waals surface area (Å²) in [6, 6.07) is 7.75. The van der Waals surface area contributed by atoms with Crippen molar-refractivity contribution in [1.29, 1.82) is 0 Å². The van der Waals surface area contributed by atoms with Gasteiger partial charge in [-0.05, 0) is 40.2 Å². The fourth-order valence-corrected chi connectivity index (χ4v) is 2.63. The minimum Gasteiger partial charge on any atom is -0.494 e. The second-order valence-electron chi connectivity index (χ2n) is 4.91. The minimum atomic E-state index is -0.471. The number of benzene rings is 1. The van der Waals surface area contributed by atoms with Crippen molar-refractivity contribution in [1.82, 2.24) is 9.38 Å². The molecule has 0 aliphatic heterocycles. The predicted octanol–water partition coefficient (Wildman–Crippen LogP) is 3.52. The first-order valence-electron chi connectivity index (χ1n) is 6.75. The fourth-order valence-electron chi connectivity index (χ4n) is 2.25. The van der Waals surface area contributed by atoms with E-state index in [1.165, 1.54) is 30.2 Å². The van der Waals surface area contributed by atoms with Crippen molar-refractivity contribution in [2.75, 3.05) is 19.1 Å². The Morgan fingerprint density at radius 1 is 1.35 bits per heavy atom. The van der Waals surface area contributed by atoms with Crippen LogP contribution in [0.5, 0.6) is 5.75 Å². The number of hydrogen-bond acceptors (Lipinski definition) is 3. The molecule has 0 N–H and O–H groups in total. The van der Waals surface area contributed by atoms with E-state index in [-0.39, 0.29) is 11.7 Å². The normalized spacial score (nSPS) is 10.8. The van der Waals surface area contributed by atoms with Crippen LogP contribution in [0.25, 0.3) is 5.65 Å². The number of ether oxygens (including phenoxy) is 1. The summed E-state index contributed by atoms with van der Waals surface area (Å²) in [4.78, 5) is 18.3. The lowest BCUT2D eigenvalue weighted by atomic mass is 10.2. The molecule has 0 saturated heterocycles. The maximum atomic E-state index is 13.5. The zero-order valence-corrected chi connectivity index (χ0v) is 14.0. The van der Waals surface area contributed by atoms with Crippen molar-refractivity contribution in [2.45, 2.75) is 0 Å². The number of methoxy groups -OCH3 is 1. The van der Waals surface area contributed by atoms with E-state index >= 15 is 0 Å². The molecule has 0 radical (unpaired) electrons. The summed E-state index contributed by atoms with van der Waals surface area (Å²) in [5.74, 6) is -0.600. The summed E-state index contributed by atoms with van der Waals surface area (Å²) in [7, 11) is 3.01. The number of fused-ring (bicyclic) bond motifs is 1. The van der Waals surface area contributed by atoms with E-state index in [1.807, 2.05) is 0 Å². The van der Waals surface area contributed by atoms with Gasteiger partial charge >= 0.3 is 0 Å². The standard InChI is InChI=1S/C16H13BrFN3O2/c1-20(11-4-5-12(18)13(7-11)23-2)16(22)10-3-6-15-19-8-14(17)21(15)9-10/h3-9H,1-2H3. The Kier molecular flexibility index (Phi) is 4.04. The molecule has 0 saturated carbocycles. The van der Waals surface area contributed by atoms with Gasteiger partial charge in [0.05, 0.1) is 18.9 Å². The third-order valence-electron chi connectivity index (χ3n) is 3.53. The Balaban J connectivity index is 1.95. The largest absolute Gasteiger partial charge is 0.494 e. The van der Waals surface area contributed by atoms with Crippen LogP contribution in [0.1, 0.15) is 10.4 Å². The number of nitrogens with zero attached hydrogens (tertiary/aromatic N) is 3. The lowest BCUT2D eigenvalue weighted by Gasteiger charge is -2.18. The number of aromatic nitrogens is 2. The topological polar surface area (TPSA) is 46.8 Å². The van der Waals surface area contributed by atoms with Crippen LogP contribution in [0.2, 0.25) is 0 Å². The number of imidazole rings is 1. The summed E-state index contributed by atoms with van der Waals surface area (Å²) >= 11 is 3.38. The number of halogens is 2. The summed E-state index contributed by atoms with van der Waals surface area (Å²) in [6.45, 7) is 0. The van der Waals surface area contributed by atoms with Crippen molar-refractivity contribution in [3.8, 4) is 5.75 Å². The van der Waals surface area contributed by atoms with E-state index in [0.717, 1.165) is 10.3 Å². The van der Waals surface area contributed by atoms with Gasteiger partial charge in [0.25, 0.3) is 5.91 Å². The highest BCUT2D eigenvalue weighted by atomic mass is 79.9. The lowest BCUT2D eigenvalue weighted by Crippen LogP contribution is -2.26. The van der Waals surface area contributed by atoms with Crippen LogP contribution in [0, 0.1) is 5.82 Å². The molecular formula is C16H13BrFN3O2. The third-order valence-corrected chi connectivity index (χ3v) is 4.12. The number of pyridine rings is 1. The summed E-state index contributed by atoms with van der Waals surface area (Å²) in [5.41, 5.74) is 1.76. The monoisotopic (exact) mass is 377 g/mol. The van der Waals surface area contributed by atoms with Crippen LogP contribution in [-0.2, 0) is 0 Å². The quantitative estimate of drug-likeness (QED) is 0.701. The molecule has 0 bridgehead atoms. The molecular weight excluding hydrogens is 365 g/mol. The highest BCUT2D eigenvalue weighted by molar-refractivity contribution is 9.10.